The van der Waals surface area contributed by atoms with Crippen LogP contribution in [0, 0.1) is 5.92 Å². The highest BCUT2D eigenvalue weighted by molar-refractivity contribution is 5.83. The third-order valence-electron chi connectivity index (χ3n) is 6.11. The van der Waals surface area contributed by atoms with Gasteiger partial charge in [-0.05, 0) is 42.9 Å². The number of piperazine rings is 1. The van der Waals surface area contributed by atoms with Crippen LogP contribution < -0.4 is 0 Å². The van der Waals surface area contributed by atoms with Crippen LogP contribution in [0.5, 0.6) is 0 Å². The Balaban J connectivity index is 1.29. The van der Waals surface area contributed by atoms with Crippen LogP contribution in [0.1, 0.15) is 36.3 Å². The van der Waals surface area contributed by atoms with E-state index in [0.29, 0.717) is 6.04 Å². The summed E-state index contributed by atoms with van der Waals surface area (Å²) in [6, 6.07) is 5.83. The summed E-state index contributed by atoms with van der Waals surface area (Å²) in [6.45, 7) is 4.92. The summed E-state index contributed by atoms with van der Waals surface area (Å²) >= 11 is 0. The van der Waals surface area contributed by atoms with Crippen molar-refractivity contribution in [1.29, 1.82) is 0 Å². The maximum Gasteiger partial charge on any atom is 0.416 e. The predicted molar refractivity (Wildman–Crippen MR) is 94.3 cm³/mol. The minimum absolute atomic E-state index is 0.0632. The minimum Gasteiger partial charge on any atom is -0.381 e. The van der Waals surface area contributed by atoms with Crippen molar-refractivity contribution in [3.05, 3.63) is 35.4 Å². The Kier molecular flexibility index (Phi) is 5.16. The quantitative estimate of drug-likeness (QED) is 0.805. The maximum atomic E-state index is 12.8. The van der Waals surface area contributed by atoms with Gasteiger partial charge >= 0.3 is 6.18 Å². The van der Waals surface area contributed by atoms with Crippen LogP contribution in [-0.4, -0.2) is 61.1 Å². The Labute approximate surface area is 157 Å². The van der Waals surface area contributed by atoms with E-state index in [2.05, 4.69) is 4.90 Å². The maximum absolute atomic E-state index is 12.8. The van der Waals surface area contributed by atoms with Crippen molar-refractivity contribution < 1.29 is 22.7 Å². The standard InChI is InChI=1S/C20H25F3N2O2/c21-20(22,23)15-3-1-14(2-4-15)17-13-18(17)19(26)25-9-7-24(8-10-25)16-5-11-27-12-6-16/h1-4,16-18H,5-13H2. The molecule has 1 amide bonds. The number of benzene rings is 1. The molecule has 2 atom stereocenters. The molecule has 4 rings (SSSR count). The normalized spacial score (nSPS) is 27.6. The van der Waals surface area contributed by atoms with Crippen LogP contribution in [0.2, 0.25) is 0 Å². The SMILES string of the molecule is O=C(C1CC1c1ccc(C(F)(F)F)cc1)N1CCN(C2CCOCC2)CC1. The Morgan fingerprint density at radius 1 is 1.00 bits per heavy atom. The number of carbonyl (C=O) groups excluding carboxylic acids is 1. The van der Waals surface area contributed by atoms with Gasteiger partial charge in [0.05, 0.1) is 5.56 Å². The average molecular weight is 382 g/mol. The molecular weight excluding hydrogens is 357 g/mol. The molecule has 0 N–H and O–H groups in total. The van der Waals surface area contributed by atoms with Gasteiger partial charge in [-0.25, -0.2) is 0 Å². The molecule has 2 saturated heterocycles. The molecule has 2 aliphatic heterocycles. The number of ether oxygens (including phenoxy) is 1. The number of amides is 1. The number of nitrogens with zero attached hydrogens (tertiary/aromatic N) is 2. The minimum atomic E-state index is -4.32. The van der Waals surface area contributed by atoms with Crippen molar-refractivity contribution in [3.8, 4) is 0 Å². The highest BCUT2D eigenvalue weighted by atomic mass is 19.4. The van der Waals surface area contributed by atoms with Crippen molar-refractivity contribution in [1.82, 2.24) is 9.80 Å². The molecule has 0 radical (unpaired) electrons. The van der Waals surface area contributed by atoms with Crippen molar-refractivity contribution in [3.63, 3.8) is 0 Å². The largest absolute Gasteiger partial charge is 0.416 e. The lowest BCUT2D eigenvalue weighted by Crippen LogP contribution is -2.53. The van der Waals surface area contributed by atoms with E-state index >= 15 is 0 Å². The van der Waals surface area contributed by atoms with Crippen molar-refractivity contribution >= 4 is 5.91 Å². The molecule has 1 aromatic rings. The first kappa shape index (κ1) is 18.7. The zero-order valence-electron chi connectivity index (χ0n) is 15.3. The monoisotopic (exact) mass is 382 g/mol. The second-order valence-corrected chi connectivity index (χ2v) is 7.77. The van der Waals surface area contributed by atoms with Crippen LogP contribution in [0.4, 0.5) is 13.2 Å². The predicted octanol–water partition coefficient (Wildman–Crippen LogP) is 3.13. The Bertz CT molecular complexity index is 663. The second kappa shape index (κ2) is 7.43. The van der Waals surface area contributed by atoms with Gasteiger partial charge in [0.25, 0.3) is 0 Å². The summed E-state index contributed by atoms with van der Waals surface area (Å²) in [4.78, 5) is 17.2. The highest BCUT2D eigenvalue weighted by Crippen LogP contribution is 2.49. The van der Waals surface area contributed by atoms with E-state index in [1.807, 2.05) is 4.90 Å². The van der Waals surface area contributed by atoms with E-state index in [1.54, 1.807) is 0 Å². The van der Waals surface area contributed by atoms with E-state index in [4.69, 9.17) is 4.74 Å². The summed E-state index contributed by atoms with van der Waals surface area (Å²) in [5.41, 5.74) is 0.196. The van der Waals surface area contributed by atoms with Gasteiger partial charge in [-0.1, -0.05) is 12.1 Å². The molecule has 148 valence electrons. The van der Waals surface area contributed by atoms with Gasteiger partial charge in [0, 0.05) is 51.4 Å². The zero-order valence-corrected chi connectivity index (χ0v) is 15.3. The zero-order chi connectivity index (χ0) is 19.0. The highest BCUT2D eigenvalue weighted by Gasteiger charge is 2.46. The van der Waals surface area contributed by atoms with E-state index in [9.17, 15) is 18.0 Å². The Hall–Kier alpha value is -1.60. The van der Waals surface area contributed by atoms with E-state index in [0.717, 1.165) is 76.4 Å². The number of rotatable bonds is 3. The molecule has 2 heterocycles. The van der Waals surface area contributed by atoms with E-state index < -0.39 is 11.7 Å². The molecule has 1 saturated carbocycles. The van der Waals surface area contributed by atoms with Crippen molar-refractivity contribution in [2.75, 3.05) is 39.4 Å². The van der Waals surface area contributed by atoms with Crippen LogP contribution >= 0.6 is 0 Å². The van der Waals surface area contributed by atoms with Crippen molar-refractivity contribution in [2.45, 2.75) is 37.4 Å². The lowest BCUT2D eigenvalue weighted by atomic mass is 10.0. The number of hydrogen-bond donors (Lipinski definition) is 0. The van der Waals surface area contributed by atoms with E-state index in [1.165, 1.54) is 12.1 Å². The van der Waals surface area contributed by atoms with Gasteiger partial charge in [0.15, 0.2) is 0 Å². The van der Waals surface area contributed by atoms with Crippen LogP contribution in [-0.2, 0) is 15.7 Å². The van der Waals surface area contributed by atoms with Crippen LogP contribution in [0.25, 0.3) is 0 Å². The van der Waals surface area contributed by atoms with Gasteiger partial charge in [-0.2, -0.15) is 13.2 Å². The molecule has 3 aliphatic rings. The summed E-state index contributed by atoms with van der Waals surface area (Å²) < 4.78 is 43.5. The third-order valence-corrected chi connectivity index (χ3v) is 6.11. The van der Waals surface area contributed by atoms with Crippen LogP contribution in [0.15, 0.2) is 24.3 Å². The first-order chi connectivity index (χ1) is 12.9. The number of carbonyl (C=O) groups is 1. The summed E-state index contributed by atoms with van der Waals surface area (Å²) in [5.74, 6) is 0.149. The smallest absolute Gasteiger partial charge is 0.381 e. The molecular formula is C20H25F3N2O2. The van der Waals surface area contributed by atoms with Gasteiger partial charge < -0.3 is 9.64 Å². The van der Waals surface area contributed by atoms with Gasteiger partial charge in [-0.15, -0.1) is 0 Å². The molecule has 0 aromatic heterocycles. The Morgan fingerprint density at radius 2 is 1.63 bits per heavy atom. The second-order valence-electron chi connectivity index (χ2n) is 7.77. The molecule has 7 heteroatoms. The first-order valence-electron chi connectivity index (χ1n) is 9.71. The topological polar surface area (TPSA) is 32.8 Å². The molecule has 4 nitrogen and oxygen atoms in total. The third kappa shape index (κ3) is 4.14. The number of halogens is 3. The van der Waals surface area contributed by atoms with Crippen molar-refractivity contribution in [2.24, 2.45) is 5.92 Å². The summed E-state index contributed by atoms with van der Waals surface area (Å²) in [6.07, 6.45) is -1.45. The van der Waals surface area contributed by atoms with Gasteiger partial charge in [0.2, 0.25) is 5.91 Å². The fraction of sp³-hybridized carbons (Fsp3) is 0.650. The Morgan fingerprint density at radius 3 is 2.22 bits per heavy atom. The summed E-state index contributed by atoms with van der Waals surface area (Å²) in [7, 11) is 0. The number of alkyl halides is 3. The molecule has 0 bridgehead atoms. The fourth-order valence-corrected chi connectivity index (χ4v) is 4.35. The fourth-order valence-electron chi connectivity index (χ4n) is 4.35. The summed E-state index contributed by atoms with van der Waals surface area (Å²) in [5, 5.41) is 0. The van der Waals surface area contributed by atoms with Crippen LogP contribution in [0.3, 0.4) is 0 Å². The molecule has 3 fully saturated rings. The first-order valence-corrected chi connectivity index (χ1v) is 9.71. The van der Waals surface area contributed by atoms with Gasteiger partial charge in [-0.3, -0.25) is 9.69 Å². The van der Waals surface area contributed by atoms with E-state index in [-0.39, 0.29) is 17.7 Å². The molecule has 0 spiro atoms. The number of hydrogen-bond acceptors (Lipinski definition) is 3. The lowest BCUT2D eigenvalue weighted by molar-refractivity contribution is -0.137. The molecule has 27 heavy (non-hydrogen) atoms. The molecule has 1 aromatic carbocycles. The average Bonchev–Trinajstić information content (AvgIpc) is 3.49. The van der Waals surface area contributed by atoms with Gasteiger partial charge in [0.1, 0.15) is 0 Å². The molecule has 1 aliphatic carbocycles. The molecule has 2 unspecified atom stereocenters. The lowest BCUT2D eigenvalue weighted by Gasteiger charge is -2.40.